The Morgan fingerprint density at radius 3 is 2.96 bits per heavy atom. The second-order valence-corrected chi connectivity index (χ2v) is 7.73. The molecule has 140 valence electrons. The molecule has 0 aliphatic carbocycles. The molecule has 0 bridgehead atoms. The highest BCUT2D eigenvalue weighted by molar-refractivity contribution is 7.98. The molecule has 6 nitrogen and oxygen atoms in total. The standard InChI is InChI=1S/C19H27N5OS/c1-22(2)12-13-23-11-9-20-17(23)15-6-5-10-24(14-15)19(25)16-7-4-8-21-18(16)26-3/h4,7-9,11,15H,5-6,10,12-14H2,1-3H3/t15-/m1/s1. The summed E-state index contributed by atoms with van der Waals surface area (Å²) in [5.74, 6) is 1.47. The first-order valence-corrected chi connectivity index (χ1v) is 10.3. The van der Waals surface area contributed by atoms with E-state index in [2.05, 4.69) is 33.5 Å². The van der Waals surface area contributed by atoms with E-state index in [-0.39, 0.29) is 5.91 Å². The molecule has 1 fully saturated rings. The van der Waals surface area contributed by atoms with Crippen LogP contribution in [0.15, 0.2) is 35.7 Å². The second kappa shape index (κ2) is 8.68. The van der Waals surface area contributed by atoms with E-state index in [1.807, 2.05) is 35.7 Å². The maximum absolute atomic E-state index is 13.0. The number of aromatic nitrogens is 3. The maximum Gasteiger partial charge on any atom is 0.256 e. The van der Waals surface area contributed by atoms with Gasteiger partial charge in [0.15, 0.2) is 0 Å². The third-order valence-corrected chi connectivity index (χ3v) is 5.52. The Hall–Kier alpha value is -1.86. The number of hydrogen-bond acceptors (Lipinski definition) is 5. The van der Waals surface area contributed by atoms with Gasteiger partial charge in [0.25, 0.3) is 5.91 Å². The lowest BCUT2D eigenvalue weighted by molar-refractivity contribution is 0.0699. The summed E-state index contributed by atoms with van der Waals surface area (Å²) in [6, 6.07) is 3.71. The zero-order chi connectivity index (χ0) is 18.5. The molecule has 3 rings (SSSR count). The van der Waals surface area contributed by atoms with Gasteiger partial charge < -0.3 is 14.4 Å². The molecule has 1 aliphatic rings. The third-order valence-electron chi connectivity index (χ3n) is 4.80. The van der Waals surface area contributed by atoms with E-state index in [1.54, 1.807) is 6.20 Å². The van der Waals surface area contributed by atoms with Crippen molar-refractivity contribution in [2.24, 2.45) is 0 Å². The van der Waals surface area contributed by atoms with Gasteiger partial charge in [-0.15, -0.1) is 11.8 Å². The Morgan fingerprint density at radius 2 is 2.19 bits per heavy atom. The van der Waals surface area contributed by atoms with Gasteiger partial charge in [-0.3, -0.25) is 4.79 Å². The van der Waals surface area contributed by atoms with Crippen LogP contribution in [-0.2, 0) is 6.54 Å². The lowest BCUT2D eigenvalue weighted by Crippen LogP contribution is -2.40. The van der Waals surface area contributed by atoms with Crippen molar-refractivity contribution < 1.29 is 4.79 Å². The van der Waals surface area contributed by atoms with Gasteiger partial charge in [0.2, 0.25) is 0 Å². The number of pyridine rings is 1. The molecule has 0 spiro atoms. The molecule has 26 heavy (non-hydrogen) atoms. The summed E-state index contributed by atoms with van der Waals surface area (Å²) < 4.78 is 2.23. The molecule has 0 radical (unpaired) electrons. The van der Waals surface area contributed by atoms with E-state index in [0.717, 1.165) is 49.9 Å². The summed E-state index contributed by atoms with van der Waals surface area (Å²) in [4.78, 5) is 26.1. The molecule has 3 heterocycles. The number of piperidine rings is 1. The van der Waals surface area contributed by atoms with Gasteiger partial charge in [-0.1, -0.05) is 0 Å². The minimum Gasteiger partial charge on any atom is -0.338 e. The molecule has 7 heteroatoms. The number of nitrogens with zero attached hydrogens (tertiary/aromatic N) is 5. The maximum atomic E-state index is 13.0. The normalized spacial score (nSPS) is 17.7. The molecule has 0 saturated carbocycles. The first kappa shape index (κ1) is 18.9. The average molecular weight is 374 g/mol. The number of rotatable bonds is 6. The topological polar surface area (TPSA) is 54.3 Å². The second-order valence-electron chi connectivity index (χ2n) is 6.93. The van der Waals surface area contributed by atoms with Gasteiger partial charge in [-0.25, -0.2) is 9.97 Å². The lowest BCUT2D eigenvalue weighted by Gasteiger charge is -2.33. The number of carbonyl (C=O) groups excluding carboxylic acids is 1. The predicted molar refractivity (Wildman–Crippen MR) is 105 cm³/mol. The van der Waals surface area contributed by atoms with Crippen LogP contribution in [0.4, 0.5) is 0 Å². The van der Waals surface area contributed by atoms with Crippen LogP contribution in [0.25, 0.3) is 0 Å². The Morgan fingerprint density at radius 1 is 1.35 bits per heavy atom. The minimum atomic E-state index is 0.0820. The van der Waals surface area contributed by atoms with Crippen molar-refractivity contribution in [3.8, 4) is 0 Å². The fourth-order valence-corrected chi connectivity index (χ4v) is 3.98. The highest BCUT2D eigenvalue weighted by Crippen LogP contribution is 2.28. The van der Waals surface area contributed by atoms with E-state index in [1.165, 1.54) is 11.8 Å². The van der Waals surface area contributed by atoms with Crippen molar-refractivity contribution in [2.45, 2.75) is 30.3 Å². The van der Waals surface area contributed by atoms with Crippen LogP contribution in [0, 0.1) is 0 Å². The van der Waals surface area contributed by atoms with Gasteiger partial charge in [-0.2, -0.15) is 0 Å². The monoisotopic (exact) mass is 373 g/mol. The summed E-state index contributed by atoms with van der Waals surface area (Å²) in [6.07, 6.45) is 9.70. The third kappa shape index (κ3) is 4.27. The van der Waals surface area contributed by atoms with Crippen molar-refractivity contribution in [1.29, 1.82) is 0 Å². The number of thioether (sulfide) groups is 1. The van der Waals surface area contributed by atoms with Crippen LogP contribution in [0.2, 0.25) is 0 Å². The molecule has 2 aromatic heterocycles. The Kier molecular flexibility index (Phi) is 6.32. The van der Waals surface area contributed by atoms with E-state index >= 15 is 0 Å². The first-order valence-electron chi connectivity index (χ1n) is 9.04. The Labute approximate surface area is 159 Å². The summed E-state index contributed by atoms with van der Waals surface area (Å²) >= 11 is 1.52. The van der Waals surface area contributed by atoms with Crippen LogP contribution in [0.3, 0.4) is 0 Å². The van der Waals surface area contributed by atoms with Crippen molar-refractivity contribution >= 4 is 17.7 Å². The van der Waals surface area contributed by atoms with E-state index in [9.17, 15) is 4.79 Å². The molecule has 0 unspecified atom stereocenters. The zero-order valence-electron chi connectivity index (χ0n) is 15.8. The number of hydrogen-bond donors (Lipinski definition) is 0. The zero-order valence-corrected chi connectivity index (χ0v) is 16.6. The Bertz CT molecular complexity index is 745. The number of likely N-dealkylation sites (N-methyl/N-ethyl adjacent to an activating group) is 1. The largest absolute Gasteiger partial charge is 0.338 e. The van der Waals surface area contributed by atoms with Crippen molar-refractivity contribution in [1.82, 2.24) is 24.3 Å². The number of likely N-dealkylation sites (tertiary alicyclic amines) is 1. The van der Waals surface area contributed by atoms with Gasteiger partial charge in [0.05, 0.1) is 5.56 Å². The lowest BCUT2D eigenvalue weighted by atomic mass is 9.96. The quantitative estimate of drug-likeness (QED) is 0.729. The number of imidazole rings is 1. The fourth-order valence-electron chi connectivity index (χ4n) is 3.44. The van der Waals surface area contributed by atoms with E-state index in [4.69, 9.17) is 0 Å². The fraction of sp³-hybridized carbons (Fsp3) is 0.526. The molecule has 1 saturated heterocycles. The molecule has 1 amide bonds. The Balaban J connectivity index is 1.74. The SMILES string of the molecule is CSc1ncccc1C(=O)N1CCC[C@@H](c2nccn2CCN(C)C)C1. The van der Waals surface area contributed by atoms with Crippen LogP contribution < -0.4 is 0 Å². The highest BCUT2D eigenvalue weighted by Gasteiger charge is 2.29. The average Bonchev–Trinajstić information content (AvgIpc) is 3.14. The highest BCUT2D eigenvalue weighted by atomic mass is 32.2. The van der Waals surface area contributed by atoms with Crippen molar-refractivity contribution in [3.63, 3.8) is 0 Å². The van der Waals surface area contributed by atoms with E-state index < -0.39 is 0 Å². The van der Waals surface area contributed by atoms with Crippen molar-refractivity contribution in [2.75, 3.05) is 40.0 Å². The van der Waals surface area contributed by atoms with Crippen LogP contribution in [-0.4, -0.2) is 70.2 Å². The number of amides is 1. The van der Waals surface area contributed by atoms with Crippen molar-refractivity contribution in [3.05, 3.63) is 42.1 Å². The first-order chi connectivity index (χ1) is 12.6. The van der Waals surface area contributed by atoms with Crippen LogP contribution in [0.1, 0.15) is 34.9 Å². The van der Waals surface area contributed by atoms with Crippen LogP contribution in [0.5, 0.6) is 0 Å². The predicted octanol–water partition coefficient (Wildman–Crippen LogP) is 2.58. The molecule has 1 aliphatic heterocycles. The summed E-state index contributed by atoms with van der Waals surface area (Å²) in [5.41, 5.74) is 0.705. The minimum absolute atomic E-state index is 0.0820. The molecular weight excluding hydrogens is 346 g/mol. The summed E-state index contributed by atoms with van der Waals surface area (Å²) in [6.45, 7) is 3.43. The van der Waals surface area contributed by atoms with Crippen LogP contribution >= 0.6 is 11.8 Å². The van der Waals surface area contributed by atoms with Gasteiger partial charge >= 0.3 is 0 Å². The molecule has 0 N–H and O–H groups in total. The molecule has 1 atom stereocenters. The summed E-state index contributed by atoms with van der Waals surface area (Å²) in [7, 11) is 4.16. The summed E-state index contributed by atoms with van der Waals surface area (Å²) in [5, 5.41) is 0.798. The van der Waals surface area contributed by atoms with Gasteiger partial charge in [0, 0.05) is 50.7 Å². The smallest absolute Gasteiger partial charge is 0.256 e. The van der Waals surface area contributed by atoms with Gasteiger partial charge in [0.1, 0.15) is 10.9 Å². The molecule has 0 aromatic carbocycles. The molecular formula is C19H27N5OS. The number of carbonyl (C=O) groups is 1. The van der Waals surface area contributed by atoms with Gasteiger partial charge in [-0.05, 0) is 45.3 Å². The van der Waals surface area contributed by atoms with E-state index in [0.29, 0.717) is 11.5 Å². The molecule has 2 aromatic rings.